The largest absolute Gasteiger partial charge is 0.384 e. The number of nitrogens with zero attached hydrogens (tertiary/aromatic N) is 3. The third kappa shape index (κ3) is 5.17. The zero-order valence-corrected chi connectivity index (χ0v) is 28.4. The van der Waals surface area contributed by atoms with E-state index in [0.29, 0.717) is 17.9 Å². The number of fused-ring (bicyclic) bond motifs is 5. The first-order valence-corrected chi connectivity index (χ1v) is 17.4. The maximum atomic E-state index is 8.45. The summed E-state index contributed by atoms with van der Waals surface area (Å²) in [5.41, 5.74) is 24.5. The Kier molecular flexibility index (Phi) is 7.55. The van der Waals surface area contributed by atoms with Crippen LogP contribution in [0.15, 0.2) is 176 Å². The highest BCUT2D eigenvalue weighted by Crippen LogP contribution is 2.48. The molecular weight excluding hydrogens is 637 g/mol. The van der Waals surface area contributed by atoms with Crippen molar-refractivity contribution >= 4 is 55.7 Å². The molecule has 5 N–H and O–H groups in total. The smallest absolute Gasteiger partial charge is 0.133 e. The molecule has 250 valence electrons. The van der Waals surface area contributed by atoms with Crippen LogP contribution in [0.2, 0.25) is 0 Å². The molecule has 9 rings (SSSR count). The number of para-hydroxylation sites is 3. The van der Waals surface area contributed by atoms with E-state index in [1.807, 2.05) is 42.5 Å². The molecule has 9 aromatic rings. The summed E-state index contributed by atoms with van der Waals surface area (Å²) in [5, 5.41) is 11.7. The van der Waals surface area contributed by atoms with Gasteiger partial charge in [-0.25, -0.2) is 0 Å². The van der Waals surface area contributed by atoms with Gasteiger partial charge in [0.25, 0.3) is 0 Å². The Hall–Kier alpha value is -7.05. The predicted molar refractivity (Wildman–Crippen MR) is 217 cm³/mol. The molecule has 52 heavy (non-hydrogen) atoms. The van der Waals surface area contributed by atoms with Gasteiger partial charge in [-0.1, -0.05) is 115 Å². The number of amidine groups is 1. The summed E-state index contributed by atoms with van der Waals surface area (Å²) in [6, 6.07) is 60.8. The van der Waals surface area contributed by atoms with Gasteiger partial charge < -0.3 is 20.9 Å². The zero-order chi connectivity index (χ0) is 35.2. The zero-order valence-electron chi connectivity index (χ0n) is 28.4. The maximum absolute atomic E-state index is 8.45. The number of nitrogens with two attached hydrogens (primary N) is 2. The molecule has 6 heteroatoms. The highest BCUT2D eigenvalue weighted by Gasteiger charge is 2.27. The Morgan fingerprint density at radius 3 is 1.83 bits per heavy atom. The number of benzene rings is 7. The minimum absolute atomic E-state index is 0.0246. The van der Waals surface area contributed by atoms with E-state index in [0.717, 1.165) is 66.6 Å². The summed E-state index contributed by atoms with van der Waals surface area (Å²) in [6.45, 7) is 0.624. The highest BCUT2D eigenvalue weighted by atomic mass is 15.2. The number of nitrogen functional groups attached to an aromatic ring is 2. The number of hydrogen-bond donors (Lipinski definition) is 3. The molecule has 2 aromatic heterocycles. The molecule has 0 aliphatic heterocycles. The normalized spacial score (nSPS) is 11.4. The number of hydrogen-bond acceptors (Lipinski definition) is 3. The number of rotatable bonds is 8. The van der Waals surface area contributed by atoms with Gasteiger partial charge in [0.05, 0.1) is 22.2 Å². The van der Waals surface area contributed by atoms with Gasteiger partial charge in [-0.05, 0) is 77.4 Å². The first-order chi connectivity index (χ1) is 25.6. The fourth-order valence-electron chi connectivity index (χ4n) is 7.61. The summed E-state index contributed by atoms with van der Waals surface area (Å²) in [5.74, 6) is 0.687. The topological polar surface area (TPSA) is 89.0 Å². The van der Waals surface area contributed by atoms with Crippen molar-refractivity contribution in [3.8, 4) is 22.5 Å². The second-order valence-electron chi connectivity index (χ2n) is 13.1. The van der Waals surface area contributed by atoms with E-state index in [2.05, 4.69) is 147 Å². The third-order valence-electron chi connectivity index (χ3n) is 9.91. The number of aromatic nitrogens is 2. The highest BCUT2D eigenvalue weighted by molar-refractivity contribution is 6.26. The quantitative estimate of drug-likeness (QED) is 0.111. The van der Waals surface area contributed by atoms with Crippen LogP contribution in [-0.2, 0) is 6.54 Å². The van der Waals surface area contributed by atoms with Crippen molar-refractivity contribution in [1.82, 2.24) is 9.13 Å². The second kappa shape index (κ2) is 12.7. The molecule has 0 amide bonds. The SMILES string of the molecule is N=C(N)c1cc(-c2ccccc2)cc(-n2c3ccccc3c3c4c(N(Cc5ccccc5)c5ccccc5)c(N)n(-c5ccccc5)c4ccc32)c1. The molecule has 0 atom stereocenters. The Morgan fingerprint density at radius 2 is 1.13 bits per heavy atom. The molecule has 7 aromatic carbocycles. The molecule has 0 radical (unpaired) electrons. The van der Waals surface area contributed by atoms with Gasteiger partial charge in [-0.15, -0.1) is 0 Å². The molecule has 2 heterocycles. The van der Waals surface area contributed by atoms with Crippen LogP contribution in [-0.4, -0.2) is 15.0 Å². The minimum Gasteiger partial charge on any atom is -0.384 e. The molecule has 0 fully saturated rings. The molecule has 0 saturated carbocycles. The lowest BCUT2D eigenvalue weighted by Gasteiger charge is -2.26. The van der Waals surface area contributed by atoms with Crippen molar-refractivity contribution in [3.63, 3.8) is 0 Å². The molecule has 0 unspecified atom stereocenters. The summed E-state index contributed by atoms with van der Waals surface area (Å²) in [6.07, 6.45) is 0. The van der Waals surface area contributed by atoms with Crippen LogP contribution in [0, 0.1) is 5.41 Å². The van der Waals surface area contributed by atoms with Gasteiger partial charge in [0, 0.05) is 45.3 Å². The molecule has 0 spiro atoms. The van der Waals surface area contributed by atoms with E-state index in [1.54, 1.807) is 0 Å². The minimum atomic E-state index is 0.0246. The first kappa shape index (κ1) is 31.0. The van der Waals surface area contributed by atoms with Crippen molar-refractivity contribution in [3.05, 3.63) is 187 Å². The standard InChI is InChI=1S/C46H36N6/c47-45(48)34-27-33(32-17-7-2-8-18-32)28-37(29-34)51-39-24-14-13-23-38(39)42-40(51)25-26-41-43(42)44(46(49)52(41)36-21-11-4-12-22-36)50(35-19-9-3-10-20-35)30-31-15-5-1-6-16-31/h1-29H,30,49H2,(H3,47,48). The summed E-state index contributed by atoms with van der Waals surface area (Å²) >= 11 is 0. The van der Waals surface area contributed by atoms with Crippen LogP contribution in [0.1, 0.15) is 11.1 Å². The summed E-state index contributed by atoms with van der Waals surface area (Å²) in [7, 11) is 0. The molecule has 0 saturated heterocycles. The van der Waals surface area contributed by atoms with Crippen LogP contribution in [0.5, 0.6) is 0 Å². The Morgan fingerprint density at radius 1 is 0.538 bits per heavy atom. The van der Waals surface area contributed by atoms with Gasteiger partial charge >= 0.3 is 0 Å². The lowest BCUT2D eigenvalue weighted by Crippen LogP contribution is -2.18. The Labute approximate surface area is 301 Å². The average molecular weight is 673 g/mol. The molecule has 0 aliphatic carbocycles. The predicted octanol–water partition coefficient (Wildman–Crippen LogP) is 10.6. The van der Waals surface area contributed by atoms with E-state index in [1.165, 1.54) is 5.56 Å². The Bertz CT molecular complexity index is 2730. The van der Waals surface area contributed by atoms with Gasteiger partial charge in [-0.3, -0.25) is 9.98 Å². The third-order valence-corrected chi connectivity index (χ3v) is 9.91. The van der Waals surface area contributed by atoms with Crippen LogP contribution in [0.25, 0.3) is 55.2 Å². The summed E-state index contributed by atoms with van der Waals surface area (Å²) in [4.78, 5) is 2.35. The fourth-order valence-corrected chi connectivity index (χ4v) is 7.61. The van der Waals surface area contributed by atoms with E-state index in [-0.39, 0.29) is 5.84 Å². The van der Waals surface area contributed by atoms with Crippen LogP contribution in [0.4, 0.5) is 17.2 Å². The number of anilines is 3. The van der Waals surface area contributed by atoms with Gasteiger partial charge in [0.2, 0.25) is 0 Å². The Balaban J connectivity index is 1.41. The van der Waals surface area contributed by atoms with E-state index < -0.39 is 0 Å². The lowest BCUT2D eigenvalue weighted by molar-refractivity contribution is 0.977. The van der Waals surface area contributed by atoms with E-state index in [9.17, 15) is 0 Å². The van der Waals surface area contributed by atoms with Gasteiger partial charge in [0.1, 0.15) is 11.7 Å². The van der Waals surface area contributed by atoms with Crippen molar-refractivity contribution in [2.75, 3.05) is 10.6 Å². The van der Waals surface area contributed by atoms with Crippen molar-refractivity contribution in [2.24, 2.45) is 5.73 Å². The van der Waals surface area contributed by atoms with Crippen molar-refractivity contribution in [2.45, 2.75) is 6.54 Å². The average Bonchev–Trinajstić information content (AvgIpc) is 3.69. The first-order valence-electron chi connectivity index (χ1n) is 17.4. The van der Waals surface area contributed by atoms with E-state index >= 15 is 0 Å². The number of nitrogens with one attached hydrogen (secondary N) is 1. The van der Waals surface area contributed by atoms with Crippen LogP contribution in [0.3, 0.4) is 0 Å². The van der Waals surface area contributed by atoms with Crippen LogP contribution >= 0.6 is 0 Å². The molecule has 0 bridgehead atoms. The fraction of sp³-hybridized carbons (Fsp3) is 0.0217. The molecule has 0 aliphatic rings. The van der Waals surface area contributed by atoms with Gasteiger partial charge in [0.15, 0.2) is 0 Å². The molecule has 6 nitrogen and oxygen atoms in total. The van der Waals surface area contributed by atoms with Crippen molar-refractivity contribution < 1.29 is 0 Å². The summed E-state index contributed by atoms with van der Waals surface area (Å²) < 4.78 is 4.48. The van der Waals surface area contributed by atoms with Crippen molar-refractivity contribution in [1.29, 1.82) is 5.41 Å². The second-order valence-corrected chi connectivity index (χ2v) is 13.1. The lowest BCUT2D eigenvalue weighted by atomic mass is 10.0. The monoisotopic (exact) mass is 672 g/mol. The van der Waals surface area contributed by atoms with Gasteiger partial charge in [-0.2, -0.15) is 0 Å². The van der Waals surface area contributed by atoms with E-state index in [4.69, 9.17) is 16.9 Å². The van der Waals surface area contributed by atoms with Crippen LogP contribution < -0.4 is 16.4 Å². The maximum Gasteiger partial charge on any atom is 0.133 e. The molecular formula is C46H36N6.